The number of likely N-dealkylation sites (tertiary alicyclic amines) is 1. The third-order valence-corrected chi connectivity index (χ3v) is 6.76. The van der Waals surface area contributed by atoms with Crippen LogP contribution in [0.1, 0.15) is 66.2 Å². The quantitative estimate of drug-likeness (QED) is 0.612. The van der Waals surface area contributed by atoms with Crippen LogP contribution in [0.3, 0.4) is 0 Å². The minimum absolute atomic E-state index is 0.0329. The fourth-order valence-electron chi connectivity index (χ4n) is 4.77. The predicted octanol–water partition coefficient (Wildman–Crippen LogP) is 5.15. The highest BCUT2D eigenvalue weighted by Gasteiger charge is 2.30. The highest BCUT2D eigenvalue weighted by atomic mass is 19.1. The topological polar surface area (TPSA) is 62.2 Å². The molecule has 2 amide bonds. The number of nitrogens with zero attached hydrogens (tertiary/aromatic N) is 3. The summed E-state index contributed by atoms with van der Waals surface area (Å²) >= 11 is 0. The average Bonchev–Trinajstić information content (AvgIpc) is 2.82. The lowest BCUT2D eigenvalue weighted by molar-refractivity contribution is 0.0160. The summed E-state index contributed by atoms with van der Waals surface area (Å²) in [6.45, 7) is 9.11. The van der Waals surface area contributed by atoms with Gasteiger partial charge in [-0.2, -0.15) is 0 Å². The number of ether oxygens (including phenoxy) is 1. The molecule has 0 aliphatic carbocycles. The molecule has 2 aromatic carbocycles. The van der Waals surface area contributed by atoms with Crippen LogP contribution in [0.15, 0.2) is 41.4 Å². The molecule has 35 heavy (non-hydrogen) atoms. The Kier molecular flexibility index (Phi) is 6.97. The number of piperidine rings is 1. The summed E-state index contributed by atoms with van der Waals surface area (Å²) in [7, 11) is 1.83. The molecule has 0 bridgehead atoms. The van der Waals surface area contributed by atoms with Gasteiger partial charge >= 0.3 is 6.09 Å². The van der Waals surface area contributed by atoms with Gasteiger partial charge in [0.1, 0.15) is 11.4 Å². The van der Waals surface area contributed by atoms with Gasteiger partial charge in [-0.1, -0.05) is 12.1 Å². The Morgan fingerprint density at radius 2 is 1.77 bits per heavy atom. The zero-order valence-corrected chi connectivity index (χ0v) is 21.2. The molecule has 0 aromatic heterocycles. The molecule has 0 unspecified atom stereocenters. The number of amides is 2. The first-order chi connectivity index (χ1) is 16.5. The molecule has 1 fully saturated rings. The fraction of sp³-hybridized carbons (Fsp3) is 0.464. The lowest BCUT2D eigenvalue weighted by atomic mass is 9.91. The molecule has 0 radical (unpaired) electrons. The molecule has 2 heterocycles. The van der Waals surface area contributed by atoms with Crippen molar-refractivity contribution in [3.05, 3.63) is 70.0 Å². The number of aryl methyl sites for hydroxylation is 1. The van der Waals surface area contributed by atoms with Gasteiger partial charge in [0.25, 0.3) is 5.91 Å². The Morgan fingerprint density at radius 1 is 1.11 bits per heavy atom. The normalized spacial score (nSPS) is 16.4. The first kappa shape index (κ1) is 24.9. The molecule has 0 spiro atoms. The first-order valence-corrected chi connectivity index (χ1v) is 12.2. The van der Waals surface area contributed by atoms with E-state index in [0.29, 0.717) is 31.6 Å². The Balaban J connectivity index is 1.36. The highest BCUT2D eigenvalue weighted by Crippen LogP contribution is 2.25. The number of rotatable bonds is 3. The fourth-order valence-corrected chi connectivity index (χ4v) is 4.77. The van der Waals surface area contributed by atoms with E-state index in [2.05, 4.69) is 4.99 Å². The molecule has 0 saturated carbocycles. The summed E-state index contributed by atoms with van der Waals surface area (Å²) < 4.78 is 19.2. The molecule has 2 aliphatic heterocycles. The Morgan fingerprint density at radius 3 is 2.40 bits per heavy atom. The molecule has 0 N–H and O–H groups in total. The second kappa shape index (κ2) is 9.80. The summed E-state index contributed by atoms with van der Waals surface area (Å²) in [5, 5.41) is 0. The lowest BCUT2D eigenvalue weighted by Gasteiger charge is -2.37. The van der Waals surface area contributed by atoms with Gasteiger partial charge in [-0.15, -0.1) is 0 Å². The second-order valence-electron chi connectivity index (χ2n) is 10.5. The molecule has 1 saturated heterocycles. The summed E-state index contributed by atoms with van der Waals surface area (Å²) in [5.74, 6) is -0.253. The lowest BCUT2D eigenvalue weighted by Crippen LogP contribution is -2.48. The van der Waals surface area contributed by atoms with Crippen molar-refractivity contribution in [1.29, 1.82) is 0 Å². The third-order valence-electron chi connectivity index (χ3n) is 6.76. The Hall–Kier alpha value is -3.22. The molecule has 2 aromatic rings. The van der Waals surface area contributed by atoms with Crippen LogP contribution in [-0.2, 0) is 17.7 Å². The van der Waals surface area contributed by atoms with Crippen molar-refractivity contribution in [1.82, 2.24) is 9.80 Å². The van der Waals surface area contributed by atoms with Gasteiger partial charge in [-0.05, 0) is 87.1 Å². The van der Waals surface area contributed by atoms with Gasteiger partial charge in [0.15, 0.2) is 0 Å². The van der Waals surface area contributed by atoms with Crippen molar-refractivity contribution in [3.8, 4) is 0 Å². The van der Waals surface area contributed by atoms with E-state index in [1.165, 1.54) is 0 Å². The van der Waals surface area contributed by atoms with Crippen LogP contribution >= 0.6 is 0 Å². The van der Waals surface area contributed by atoms with E-state index in [1.807, 2.05) is 59.0 Å². The van der Waals surface area contributed by atoms with Crippen molar-refractivity contribution in [2.24, 2.45) is 4.99 Å². The monoisotopic (exact) mass is 479 g/mol. The zero-order chi connectivity index (χ0) is 25.3. The molecular weight excluding hydrogens is 445 g/mol. The van der Waals surface area contributed by atoms with Gasteiger partial charge in [0, 0.05) is 43.9 Å². The minimum Gasteiger partial charge on any atom is -0.444 e. The second-order valence-corrected chi connectivity index (χ2v) is 10.5. The van der Waals surface area contributed by atoms with Crippen molar-refractivity contribution >= 4 is 17.7 Å². The number of fused-ring (bicyclic) bond motifs is 1. The van der Waals surface area contributed by atoms with E-state index in [0.717, 1.165) is 40.8 Å². The van der Waals surface area contributed by atoms with E-state index < -0.39 is 5.60 Å². The van der Waals surface area contributed by atoms with Crippen molar-refractivity contribution in [3.63, 3.8) is 0 Å². The average molecular weight is 480 g/mol. The van der Waals surface area contributed by atoms with Crippen molar-refractivity contribution in [2.75, 3.05) is 20.1 Å². The number of hydrogen-bond acceptors (Lipinski definition) is 4. The number of benzene rings is 2. The van der Waals surface area contributed by atoms with Crippen molar-refractivity contribution < 1.29 is 18.7 Å². The first-order valence-electron chi connectivity index (χ1n) is 12.2. The van der Waals surface area contributed by atoms with E-state index in [9.17, 15) is 14.0 Å². The van der Waals surface area contributed by atoms with E-state index >= 15 is 0 Å². The molecule has 186 valence electrons. The van der Waals surface area contributed by atoms with E-state index in [4.69, 9.17) is 4.74 Å². The summed E-state index contributed by atoms with van der Waals surface area (Å²) in [6, 6.07) is 10.8. The van der Waals surface area contributed by atoms with Gasteiger partial charge in [0.05, 0.1) is 6.54 Å². The maximum absolute atomic E-state index is 13.7. The Bertz CT molecular complexity index is 1140. The van der Waals surface area contributed by atoms with E-state index in [1.54, 1.807) is 21.9 Å². The van der Waals surface area contributed by atoms with Gasteiger partial charge < -0.3 is 14.5 Å². The van der Waals surface area contributed by atoms with Crippen LogP contribution in [0.25, 0.3) is 0 Å². The van der Waals surface area contributed by atoms with E-state index in [-0.39, 0.29) is 23.9 Å². The van der Waals surface area contributed by atoms with Crippen LogP contribution < -0.4 is 0 Å². The Labute approximate surface area is 206 Å². The molecule has 0 atom stereocenters. The van der Waals surface area contributed by atoms with Crippen molar-refractivity contribution in [2.45, 2.75) is 65.1 Å². The number of carbonyl (C=O) groups excluding carboxylic acids is 2. The molecule has 7 heteroatoms. The molecular formula is C28H34FN3O3. The molecule has 6 nitrogen and oxygen atoms in total. The van der Waals surface area contributed by atoms with Gasteiger partial charge in [-0.3, -0.25) is 9.79 Å². The minimum atomic E-state index is -0.518. The van der Waals surface area contributed by atoms with Gasteiger partial charge in [-0.25, -0.2) is 9.18 Å². The van der Waals surface area contributed by atoms with Crippen LogP contribution in [0.2, 0.25) is 0 Å². The zero-order valence-electron chi connectivity index (χ0n) is 21.2. The summed E-state index contributed by atoms with van der Waals surface area (Å²) in [6.07, 6.45) is 1.80. The highest BCUT2D eigenvalue weighted by molar-refractivity contribution is 6.04. The summed E-state index contributed by atoms with van der Waals surface area (Å²) in [4.78, 5) is 33.6. The maximum Gasteiger partial charge on any atom is 0.410 e. The summed E-state index contributed by atoms with van der Waals surface area (Å²) in [5.41, 5.74) is 5.06. The third kappa shape index (κ3) is 5.72. The van der Waals surface area contributed by atoms with Crippen LogP contribution in [-0.4, -0.2) is 59.3 Å². The SMILES string of the molecule is Cc1cc(F)cc2c1CC(c1ccc(C(=O)N(C)C3CCN(C(=O)OC(C)(C)C)CC3)cc1)=NC2. The van der Waals surface area contributed by atoms with Gasteiger partial charge in [0.2, 0.25) is 0 Å². The predicted molar refractivity (Wildman–Crippen MR) is 134 cm³/mol. The standard InChI is InChI=1S/C28H34FN3O3/c1-18-14-22(29)15-21-17-30-25(16-24(18)21)19-6-8-20(9-7-19)26(33)31(5)23-10-12-32(13-11-23)27(34)35-28(2,3)4/h6-9,14-15,23H,10-13,16-17H2,1-5H3. The number of carbonyl (C=O) groups is 2. The largest absolute Gasteiger partial charge is 0.444 e. The van der Waals surface area contributed by atoms with Crippen LogP contribution in [0, 0.1) is 12.7 Å². The molecule has 2 aliphatic rings. The smallest absolute Gasteiger partial charge is 0.410 e. The number of halogens is 1. The van der Waals surface area contributed by atoms with Crippen LogP contribution in [0.5, 0.6) is 0 Å². The molecule has 4 rings (SSSR count). The number of hydrogen-bond donors (Lipinski definition) is 0. The maximum atomic E-state index is 13.7. The van der Waals surface area contributed by atoms with Crippen LogP contribution in [0.4, 0.5) is 9.18 Å². The number of aliphatic imine (C=N–C) groups is 1.